The Morgan fingerprint density at radius 2 is 2.00 bits per heavy atom. The predicted molar refractivity (Wildman–Crippen MR) is 84.0 cm³/mol. The Bertz CT molecular complexity index is 306. The van der Waals surface area contributed by atoms with Gasteiger partial charge in [-0.2, -0.15) is 0 Å². The van der Waals surface area contributed by atoms with E-state index < -0.39 is 0 Å². The lowest BCUT2D eigenvalue weighted by molar-refractivity contribution is -0.125. The number of nitrogens with zero attached hydrogens (tertiary/aromatic N) is 2. The molecule has 2 atom stereocenters. The third kappa shape index (κ3) is 3.53. The van der Waals surface area contributed by atoms with Crippen LogP contribution in [0.2, 0.25) is 0 Å². The molecule has 2 rings (SSSR count). The van der Waals surface area contributed by atoms with Crippen LogP contribution in [-0.2, 0) is 4.74 Å². The molecule has 2 fully saturated rings. The van der Waals surface area contributed by atoms with Crippen LogP contribution in [0.25, 0.3) is 0 Å². The molecule has 2 N–H and O–H groups in total. The van der Waals surface area contributed by atoms with Crippen molar-refractivity contribution in [3.8, 4) is 0 Å². The van der Waals surface area contributed by atoms with E-state index in [4.69, 9.17) is 10.5 Å². The van der Waals surface area contributed by atoms with E-state index in [1.807, 2.05) is 0 Å². The van der Waals surface area contributed by atoms with Crippen LogP contribution in [0.15, 0.2) is 0 Å². The van der Waals surface area contributed by atoms with Gasteiger partial charge < -0.3 is 15.4 Å². The molecule has 2 aliphatic rings. The average molecular weight is 283 g/mol. The lowest BCUT2D eigenvalue weighted by Crippen LogP contribution is -2.60. The monoisotopic (exact) mass is 283 g/mol. The summed E-state index contributed by atoms with van der Waals surface area (Å²) in [6.45, 7) is 10.9. The normalized spacial score (nSPS) is 35.9. The topological polar surface area (TPSA) is 41.7 Å². The van der Waals surface area contributed by atoms with Crippen LogP contribution < -0.4 is 5.73 Å². The third-order valence-electron chi connectivity index (χ3n) is 5.61. The minimum Gasteiger partial charge on any atom is -0.375 e. The van der Waals surface area contributed by atoms with Gasteiger partial charge in [-0.25, -0.2) is 0 Å². The van der Waals surface area contributed by atoms with Gasteiger partial charge in [0.2, 0.25) is 0 Å². The van der Waals surface area contributed by atoms with Crippen molar-refractivity contribution in [1.82, 2.24) is 9.80 Å². The maximum Gasteiger partial charge on any atom is 0.0670 e. The second kappa shape index (κ2) is 6.73. The molecule has 0 aromatic rings. The van der Waals surface area contributed by atoms with Crippen LogP contribution in [-0.4, -0.2) is 67.3 Å². The zero-order valence-electron chi connectivity index (χ0n) is 13.7. The maximum atomic E-state index is 6.19. The van der Waals surface area contributed by atoms with Crippen molar-refractivity contribution in [1.29, 1.82) is 0 Å². The van der Waals surface area contributed by atoms with E-state index in [0.29, 0.717) is 0 Å². The fourth-order valence-electron chi connectivity index (χ4n) is 3.74. The Morgan fingerprint density at radius 3 is 2.60 bits per heavy atom. The standard InChI is InChI=1S/C16H33N3O/c1-4-15(2)13-16(14-17,7-12-20-15)18(3)10-11-19-8-5-6-9-19/h4-14,17H2,1-3H3. The second-order valence-electron chi connectivity index (χ2n) is 6.98. The van der Waals surface area contributed by atoms with E-state index in [9.17, 15) is 0 Å². The SMILES string of the molecule is CCC1(C)CC(CN)(N(C)CCN2CCCC2)CCO1. The molecule has 2 heterocycles. The molecular formula is C16H33N3O. The van der Waals surface area contributed by atoms with Gasteiger partial charge >= 0.3 is 0 Å². The highest BCUT2D eigenvalue weighted by Gasteiger charge is 2.44. The molecule has 20 heavy (non-hydrogen) atoms. The molecular weight excluding hydrogens is 250 g/mol. The molecule has 2 unspecified atom stereocenters. The summed E-state index contributed by atoms with van der Waals surface area (Å²) in [7, 11) is 2.25. The Morgan fingerprint density at radius 1 is 1.30 bits per heavy atom. The molecule has 118 valence electrons. The Labute approximate surface area is 124 Å². The summed E-state index contributed by atoms with van der Waals surface area (Å²) in [5, 5.41) is 0. The summed E-state index contributed by atoms with van der Waals surface area (Å²) in [4.78, 5) is 5.10. The highest BCUT2D eigenvalue weighted by molar-refractivity contribution is 4.99. The molecule has 0 amide bonds. The Kier molecular flexibility index (Phi) is 5.46. The lowest BCUT2D eigenvalue weighted by atomic mass is 9.78. The van der Waals surface area contributed by atoms with Gasteiger partial charge in [0.15, 0.2) is 0 Å². The first-order valence-corrected chi connectivity index (χ1v) is 8.31. The number of likely N-dealkylation sites (tertiary alicyclic amines) is 1. The van der Waals surface area contributed by atoms with Gasteiger partial charge in [0, 0.05) is 31.8 Å². The zero-order chi connectivity index (χ0) is 14.6. The summed E-state index contributed by atoms with van der Waals surface area (Å²) in [5.74, 6) is 0. The van der Waals surface area contributed by atoms with Crippen LogP contribution >= 0.6 is 0 Å². The van der Waals surface area contributed by atoms with Crippen molar-refractivity contribution in [3.63, 3.8) is 0 Å². The van der Waals surface area contributed by atoms with Crippen LogP contribution in [0, 0.1) is 0 Å². The summed E-state index contributed by atoms with van der Waals surface area (Å²) in [6.07, 6.45) is 5.93. The number of hydrogen-bond donors (Lipinski definition) is 1. The quantitative estimate of drug-likeness (QED) is 0.805. The number of nitrogens with two attached hydrogens (primary N) is 1. The van der Waals surface area contributed by atoms with Gasteiger partial charge in [0.25, 0.3) is 0 Å². The first-order chi connectivity index (χ1) is 9.53. The summed E-state index contributed by atoms with van der Waals surface area (Å²) < 4.78 is 6.01. The zero-order valence-corrected chi connectivity index (χ0v) is 13.7. The molecule has 0 spiro atoms. The molecule has 2 saturated heterocycles. The molecule has 0 aliphatic carbocycles. The molecule has 4 nitrogen and oxygen atoms in total. The number of ether oxygens (including phenoxy) is 1. The van der Waals surface area contributed by atoms with Gasteiger partial charge in [-0.1, -0.05) is 6.92 Å². The van der Waals surface area contributed by atoms with Crippen LogP contribution in [0.1, 0.15) is 46.0 Å². The largest absolute Gasteiger partial charge is 0.375 e. The van der Waals surface area contributed by atoms with E-state index in [-0.39, 0.29) is 11.1 Å². The molecule has 4 heteroatoms. The molecule has 0 saturated carbocycles. The van der Waals surface area contributed by atoms with Crippen LogP contribution in [0.4, 0.5) is 0 Å². The minimum atomic E-state index is -0.000472. The minimum absolute atomic E-state index is 0.000472. The first kappa shape index (κ1) is 16.2. The van der Waals surface area contributed by atoms with E-state index in [2.05, 4.69) is 30.7 Å². The van der Waals surface area contributed by atoms with Gasteiger partial charge in [-0.15, -0.1) is 0 Å². The van der Waals surface area contributed by atoms with E-state index in [0.717, 1.165) is 39.0 Å². The van der Waals surface area contributed by atoms with Crippen molar-refractivity contribution in [2.24, 2.45) is 5.73 Å². The Balaban J connectivity index is 1.94. The summed E-state index contributed by atoms with van der Waals surface area (Å²) in [5.41, 5.74) is 6.32. The first-order valence-electron chi connectivity index (χ1n) is 8.31. The van der Waals surface area contributed by atoms with Gasteiger partial charge in [-0.05, 0) is 59.2 Å². The second-order valence-corrected chi connectivity index (χ2v) is 6.98. The molecule has 0 bridgehead atoms. The average Bonchev–Trinajstić information content (AvgIpc) is 2.98. The number of likely N-dealkylation sites (N-methyl/N-ethyl adjacent to an activating group) is 1. The number of rotatable bonds is 6. The van der Waals surface area contributed by atoms with Gasteiger partial charge in [0.05, 0.1) is 5.60 Å². The molecule has 0 aromatic heterocycles. The highest BCUT2D eigenvalue weighted by atomic mass is 16.5. The molecule has 2 aliphatic heterocycles. The van der Waals surface area contributed by atoms with Crippen molar-refractivity contribution in [2.45, 2.75) is 57.1 Å². The van der Waals surface area contributed by atoms with Gasteiger partial charge in [0.1, 0.15) is 0 Å². The summed E-state index contributed by atoms with van der Waals surface area (Å²) in [6, 6.07) is 0. The van der Waals surface area contributed by atoms with Crippen LogP contribution in [0.5, 0.6) is 0 Å². The van der Waals surface area contributed by atoms with E-state index >= 15 is 0 Å². The van der Waals surface area contributed by atoms with E-state index in [1.54, 1.807) is 0 Å². The van der Waals surface area contributed by atoms with Crippen LogP contribution in [0.3, 0.4) is 0 Å². The fourth-order valence-corrected chi connectivity index (χ4v) is 3.74. The van der Waals surface area contributed by atoms with Crippen molar-refractivity contribution < 1.29 is 4.74 Å². The van der Waals surface area contributed by atoms with Crippen molar-refractivity contribution in [2.75, 3.05) is 46.4 Å². The molecule has 0 aromatic carbocycles. The maximum absolute atomic E-state index is 6.19. The lowest BCUT2D eigenvalue weighted by Gasteiger charge is -2.50. The summed E-state index contributed by atoms with van der Waals surface area (Å²) >= 11 is 0. The smallest absolute Gasteiger partial charge is 0.0670 e. The van der Waals surface area contributed by atoms with Crippen molar-refractivity contribution >= 4 is 0 Å². The third-order valence-corrected chi connectivity index (χ3v) is 5.61. The highest BCUT2D eigenvalue weighted by Crippen LogP contribution is 2.37. The predicted octanol–water partition coefficient (Wildman–Crippen LogP) is 1.69. The van der Waals surface area contributed by atoms with E-state index in [1.165, 1.54) is 32.5 Å². The number of hydrogen-bond acceptors (Lipinski definition) is 4. The Hall–Kier alpha value is -0.160. The molecule has 0 radical (unpaired) electrons. The van der Waals surface area contributed by atoms with Crippen molar-refractivity contribution in [3.05, 3.63) is 0 Å². The fraction of sp³-hybridized carbons (Fsp3) is 1.00. The van der Waals surface area contributed by atoms with Gasteiger partial charge in [-0.3, -0.25) is 4.90 Å².